The third kappa shape index (κ3) is 4.08. The molecule has 1 amide bonds. The van der Waals surface area contributed by atoms with Gasteiger partial charge in [-0.05, 0) is 35.2 Å². The van der Waals surface area contributed by atoms with Crippen molar-refractivity contribution in [2.24, 2.45) is 0 Å². The fraction of sp³-hybridized carbons (Fsp3) is 0.318. The van der Waals surface area contributed by atoms with Crippen molar-refractivity contribution in [1.29, 1.82) is 0 Å². The summed E-state index contributed by atoms with van der Waals surface area (Å²) in [5.74, 6) is 1.08. The molecule has 1 aromatic heterocycles. The largest absolute Gasteiger partial charge is 0.497 e. The molecule has 0 saturated heterocycles. The fourth-order valence-electron chi connectivity index (χ4n) is 2.95. The van der Waals surface area contributed by atoms with Gasteiger partial charge in [0.15, 0.2) is 0 Å². The molecule has 0 saturated carbocycles. The number of carbonyl (C=O) groups excluding carboxylic acids is 1. The van der Waals surface area contributed by atoms with Crippen molar-refractivity contribution in [2.75, 3.05) is 19.5 Å². The summed E-state index contributed by atoms with van der Waals surface area (Å²) in [6.45, 7) is 6.49. The summed E-state index contributed by atoms with van der Waals surface area (Å²) in [5.41, 5.74) is 3.48. The van der Waals surface area contributed by atoms with Gasteiger partial charge in [0, 0.05) is 17.0 Å². The monoisotopic (exact) mass is 367 g/mol. The van der Waals surface area contributed by atoms with Gasteiger partial charge in [0.2, 0.25) is 5.91 Å². The number of rotatable bonds is 5. The van der Waals surface area contributed by atoms with Gasteiger partial charge in [-0.1, -0.05) is 26.8 Å². The van der Waals surface area contributed by atoms with Crippen LogP contribution < -0.4 is 14.8 Å². The van der Waals surface area contributed by atoms with E-state index in [4.69, 9.17) is 13.9 Å². The molecule has 1 N–H and O–H groups in total. The SMILES string of the molecule is COc1ccc(NC(=O)Cc2coc3ccc(C(C)(C)C)cc23)c(OC)c1. The van der Waals surface area contributed by atoms with Gasteiger partial charge in [0.25, 0.3) is 0 Å². The molecule has 0 spiro atoms. The second kappa shape index (κ2) is 7.35. The van der Waals surface area contributed by atoms with Crippen molar-refractivity contribution in [3.8, 4) is 11.5 Å². The molecule has 2 aromatic carbocycles. The van der Waals surface area contributed by atoms with Crippen LogP contribution in [0.1, 0.15) is 31.9 Å². The van der Waals surface area contributed by atoms with Crippen molar-refractivity contribution in [3.05, 3.63) is 53.8 Å². The first-order valence-corrected chi connectivity index (χ1v) is 8.84. The van der Waals surface area contributed by atoms with E-state index in [2.05, 4.69) is 38.2 Å². The molecule has 0 atom stereocenters. The van der Waals surface area contributed by atoms with Gasteiger partial charge in [-0.2, -0.15) is 0 Å². The van der Waals surface area contributed by atoms with Gasteiger partial charge in [0.05, 0.1) is 32.6 Å². The lowest BCUT2D eigenvalue weighted by Crippen LogP contribution is -2.15. The van der Waals surface area contributed by atoms with Gasteiger partial charge in [-0.15, -0.1) is 0 Å². The standard InChI is InChI=1S/C22H25NO4/c1-22(2,3)15-6-9-19-17(11-15)14(13-27-19)10-21(24)23-18-8-7-16(25-4)12-20(18)26-5/h6-9,11-13H,10H2,1-5H3,(H,23,24). The average molecular weight is 367 g/mol. The van der Waals surface area contributed by atoms with Crippen LogP contribution >= 0.6 is 0 Å². The van der Waals surface area contributed by atoms with Crippen molar-refractivity contribution >= 4 is 22.6 Å². The predicted molar refractivity (Wildman–Crippen MR) is 107 cm³/mol. The Morgan fingerprint density at radius 3 is 2.52 bits per heavy atom. The smallest absolute Gasteiger partial charge is 0.229 e. The Labute approximate surface area is 159 Å². The first kappa shape index (κ1) is 18.8. The average Bonchev–Trinajstić information content (AvgIpc) is 3.03. The van der Waals surface area contributed by atoms with Gasteiger partial charge in [-0.25, -0.2) is 0 Å². The first-order chi connectivity index (χ1) is 12.8. The third-order valence-corrected chi connectivity index (χ3v) is 4.55. The molecule has 0 unspecified atom stereocenters. The highest BCUT2D eigenvalue weighted by Gasteiger charge is 2.17. The van der Waals surface area contributed by atoms with Crippen LogP contribution in [0.25, 0.3) is 11.0 Å². The topological polar surface area (TPSA) is 60.7 Å². The molecule has 0 radical (unpaired) electrons. The number of anilines is 1. The molecule has 1 heterocycles. The highest BCUT2D eigenvalue weighted by molar-refractivity contribution is 5.96. The van der Waals surface area contributed by atoms with E-state index in [1.807, 2.05) is 6.07 Å². The van der Waals surface area contributed by atoms with Crippen LogP contribution in [-0.4, -0.2) is 20.1 Å². The molecule has 0 bridgehead atoms. The van der Waals surface area contributed by atoms with E-state index in [1.54, 1.807) is 38.7 Å². The van der Waals surface area contributed by atoms with Crippen LogP contribution in [0.3, 0.4) is 0 Å². The van der Waals surface area contributed by atoms with Crippen molar-refractivity contribution in [3.63, 3.8) is 0 Å². The zero-order chi connectivity index (χ0) is 19.6. The third-order valence-electron chi connectivity index (χ3n) is 4.55. The number of amides is 1. The highest BCUT2D eigenvalue weighted by Crippen LogP contribution is 2.31. The molecule has 3 rings (SSSR count). The number of hydrogen-bond donors (Lipinski definition) is 1. The second-order valence-corrected chi connectivity index (χ2v) is 7.51. The Balaban J connectivity index is 1.82. The Morgan fingerprint density at radius 2 is 1.85 bits per heavy atom. The van der Waals surface area contributed by atoms with E-state index in [0.717, 1.165) is 16.5 Å². The Hall–Kier alpha value is -2.95. The molecular formula is C22H25NO4. The minimum absolute atomic E-state index is 0.0292. The summed E-state index contributed by atoms with van der Waals surface area (Å²) in [5, 5.41) is 3.87. The maximum absolute atomic E-state index is 12.6. The van der Waals surface area contributed by atoms with E-state index in [-0.39, 0.29) is 17.7 Å². The number of furan rings is 1. The number of carbonyl (C=O) groups is 1. The lowest BCUT2D eigenvalue weighted by molar-refractivity contribution is -0.115. The molecule has 27 heavy (non-hydrogen) atoms. The molecule has 142 valence electrons. The maximum atomic E-state index is 12.6. The lowest BCUT2D eigenvalue weighted by atomic mass is 9.86. The van der Waals surface area contributed by atoms with Gasteiger partial charge in [0.1, 0.15) is 17.1 Å². The van der Waals surface area contributed by atoms with Gasteiger partial charge >= 0.3 is 0 Å². The summed E-state index contributed by atoms with van der Waals surface area (Å²) in [7, 11) is 3.14. The van der Waals surface area contributed by atoms with E-state index < -0.39 is 0 Å². The maximum Gasteiger partial charge on any atom is 0.229 e. The van der Waals surface area contributed by atoms with E-state index in [9.17, 15) is 4.79 Å². The van der Waals surface area contributed by atoms with E-state index >= 15 is 0 Å². The van der Waals surface area contributed by atoms with Crippen LogP contribution in [0.5, 0.6) is 11.5 Å². The molecule has 5 heteroatoms. The molecular weight excluding hydrogens is 342 g/mol. The summed E-state index contributed by atoms with van der Waals surface area (Å²) < 4.78 is 16.1. The quantitative estimate of drug-likeness (QED) is 0.695. The van der Waals surface area contributed by atoms with Crippen LogP contribution in [-0.2, 0) is 16.6 Å². The van der Waals surface area contributed by atoms with E-state index in [1.165, 1.54) is 5.56 Å². The number of benzene rings is 2. The predicted octanol–water partition coefficient (Wildman–Crippen LogP) is 4.93. The first-order valence-electron chi connectivity index (χ1n) is 8.84. The minimum Gasteiger partial charge on any atom is -0.497 e. The minimum atomic E-state index is -0.137. The van der Waals surface area contributed by atoms with Gasteiger partial charge in [-0.3, -0.25) is 4.79 Å². The van der Waals surface area contributed by atoms with Crippen LogP contribution in [0.4, 0.5) is 5.69 Å². The molecule has 0 aliphatic rings. The molecule has 0 aliphatic heterocycles. The number of fused-ring (bicyclic) bond motifs is 1. The van der Waals surface area contributed by atoms with Gasteiger partial charge < -0.3 is 19.2 Å². The zero-order valence-corrected chi connectivity index (χ0v) is 16.4. The number of hydrogen-bond acceptors (Lipinski definition) is 4. The molecule has 3 aromatic rings. The second-order valence-electron chi connectivity index (χ2n) is 7.51. The summed E-state index contributed by atoms with van der Waals surface area (Å²) in [6, 6.07) is 11.4. The van der Waals surface area contributed by atoms with Crippen LogP contribution in [0.15, 0.2) is 47.1 Å². The summed E-state index contributed by atoms with van der Waals surface area (Å²) in [4.78, 5) is 12.6. The fourth-order valence-corrected chi connectivity index (χ4v) is 2.95. The van der Waals surface area contributed by atoms with E-state index in [0.29, 0.717) is 17.2 Å². The van der Waals surface area contributed by atoms with Crippen LogP contribution in [0, 0.1) is 0 Å². The van der Waals surface area contributed by atoms with Crippen molar-refractivity contribution in [1.82, 2.24) is 0 Å². The summed E-state index contributed by atoms with van der Waals surface area (Å²) in [6.07, 6.45) is 1.87. The Morgan fingerprint density at radius 1 is 1.07 bits per heavy atom. The molecule has 0 fully saturated rings. The molecule has 0 aliphatic carbocycles. The highest BCUT2D eigenvalue weighted by atomic mass is 16.5. The number of nitrogens with one attached hydrogen (secondary N) is 1. The Bertz CT molecular complexity index is 966. The number of ether oxygens (including phenoxy) is 2. The lowest BCUT2D eigenvalue weighted by Gasteiger charge is -2.18. The zero-order valence-electron chi connectivity index (χ0n) is 16.4. The normalized spacial score (nSPS) is 11.4. The molecule has 5 nitrogen and oxygen atoms in total. The number of methoxy groups -OCH3 is 2. The summed E-state index contributed by atoms with van der Waals surface area (Å²) >= 11 is 0. The van der Waals surface area contributed by atoms with Crippen molar-refractivity contribution in [2.45, 2.75) is 32.6 Å². The van der Waals surface area contributed by atoms with Crippen LogP contribution in [0.2, 0.25) is 0 Å². The van der Waals surface area contributed by atoms with Crippen molar-refractivity contribution < 1.29 is 18.7 Å². The Kier molecular flexibility index (Phi) is 5.13.